The van der Waals surface area contributed by atoms with Gasteiger partial charge in [-0.25, -0.2) is 0 Å². The third kappa shape index (κ3) is 65.5. The quantitative estimate of drug-likeness (QED) is 0.0261. The molecule has 0 radical (unpaired) electrons. The second-order valence-corrected chi connectivity index (χ2v) is 23.1. The molecule has 0 aromatic carbocycles. The molecule has 6 heteroatoms. The molecule has 0 spiro atoms. The molecule has 0 rings (SSSR count). The summed E-state index contributed by atoms with van der Waals surface area (Å²) in [6.45, 7) is 6.54. The highest BCUT2D eigenvalue weighted by molar-refractivity contribution is 5.71. The standard InChI is InChI=1S/C73H130O6/c1-4-7-10-13-16-19-22-25-27-29-30-31-32-33-34-35-36-37-38-39-40-41-42-43-44-45-47-48-51-54-57-60-63-66-72(75)78-69-70(68-77-71(74)65-62-59-56-53-50-24-21-18-15-12-9-6-3)79-73(76)67-64-61-58-55-52-49-46-28-26-23-20-17-14-11-8-5-2/h7,10,16,19-20,23,25,27-28,30-31,46,70H,4-6,8-9,11-15,17-18,21-22,24,26,29,32-45,47-69H2,1-3H3/b10-7-,19-16-,23-20-,27-25-,31-30-,46-28-. The highest BCUT2D eigenvalue weighted by atomic mass is 16.6. The predicted molar refractivity (Wildman–Crippen MR) is 344 cm³/mol. The summed E-state index contributed by atoms with van der Waals surface area (Å²) in [6, 6.07) is 0. The van der Waals surface area contributed by atoms with Crippen molar-refractivity contribution >= 4 is 17.9 Å². The summed E-state index contributed by atoms with van der Waals surface area (Å²) in [5.41, 5.74) is 0. The van der Waals surface area contributed by atoms with Crippen LogP contribution in [0.4, 0.5) is 0 Å². The van der Waals surface area contributed by atoms with E-state index < -0.39 is 6.10 Å². The molecule has 0 aliphatic carbocycles. The number of unbranched alkanes of at least 4 members (excludes halogenated alkanes) is 40. The van der Waals surface area contributed by atoms with E-state index in [1.807, 2.05) is 0 Å². The van der Waals surface area contributed by atoms with E-state index in [1.165, 1.54) is 205 Å². The van der Waals surface area contributed by atoms with Crippen molar-refractivity contribution < 1.29 is 28.6 Å². The predicted octanol–water partition coefficient (Wildman–Crippen LogP) is 23.7. The van der Waals surface area contributed by atoms with E-state index in [2.05, 4.69) is 93.7 Å². The average Bonchev–Trinajstić information content (AvgIpc) is 3.45. The number of esters is 3. The number of hydrogen-bond acceptors (Lipinski definition) is 6. The lowest BCUT2D eigenvalue weighted by atomic mass is 10.0. The zero-order valence-corrected chi connectivity index (χ0v) is 52.6. The van der Waals surface area contributed by atoms with Crippen molar-refractivity contribution in [1.29, 1.82) is 0 Å². The summed E-state index contributed by atoms with van der Waals surface area (Å²) < 4.78 is 16.9. The molecule has 0 saturated carbocycles. The molecule has 0 aliphatic rings. The van der Waals surface area contributed by atoms with Crippen molar-refractivity contribution in [2.45, 2.75) is 361 Å². The SMILES string of the molecule is CC/C=C\C/C=C\C/C=C\C/C=C\CCCCCCCCCCCCCCCCCCCCCCC(=O)OCC(COC(=O)CCCCCCCCCCCCCC)OC(=O)CCCCCCC/C=C\C/C=C\CCCCCC. The van der Waals surface area contributed by atoms with Crippen LogP contribution in [0.25, 0.3) is 0 Å². The smallest absolute Gasteiger partial charge is 0.306 e. The van der Waals surface area contributed by atoms with Crippen LogP contribution in [-0.4, -0.2) is 37.2 Å². The van der Waals surface area contributed by atoms with Gasteiger partial charge >= 0.3 is 17.9 Å². The van der Waals surface area contributed by atoms with Gasteiger partial charge in [0.15, 0.2) is 6.10 Å². The Kier molecular flexibility index (Phi) is 64.7. The Morgan fingerprint density at radius 3 is 0.785 bits per heavy atom. The summed E-state index contributed by atoms with van der Waals surface area (Å²) in [5, 5.41) is 0. The first-order chi connectivity index (χ1) is 39.0. The largest absolute Gasteiger partial charge is 0.462 e. The number of hydrogen-bond donors (Lipinski definition) is 0. The van der Waals surface area contributed by atoms with E-state index in [9.17, 15) is 14.4 Å². The minimum atomic E-state index is -0.779. The van der Waals surface area contributed by atoms with Crippen LogP contribution in [0.2, 0.25) is 0 Å². The van der Waals surface area contributed by atoms with Crippen LogP contribution in [0.5, 0.6) is 0 Å². The molecule has 0 heterocycles. The summed E-state index contributed by atoms with van der Waals surface area (Å²) in [4.78, 5) is 38.3. The maximum Gasteiger partial charge on any atom is 0.306 e. The first-order valence-corrected chi connectivity index (χ1v) is 34.4. The normalized spacial score (nSPS) is 12.5. The van der Waals surface area contributed by atoms with Gasteiger partial charge in [-0.2, -0.15) is 0 Å². The van der Waals surface area contributed by atoms with Gasteiger partial charge in [0.25, 0.3) is 0 Å². The van der Waals surface area contributed by atoms with Crippen LogP contribution >= 0.6 is 0 Å². The molecule has 0 fully saturated rings. The minimum absolute atomic E-state index is 0.0752. The van der Waals surface area contributed by atoms with Gasteiger partial charge in [-0.15, -0.1) is 0 Å². The topological polar surface area (TPSA) is 78.9 Å². The van der Waals surface area contributed by atoms with Crippen molar-refractivity contribution in [2.24, 2.45) is 0 Å². The van der Waals surface area contributed by atoms with Crippen molar-refractivity contribution in [3.63, 3.8) is 0 Å². The Morgan fingerprint density at radius 2 is 0.494 bits per heavy atom. The average molecular weight is 1100 g/mol. The van der Waals surface area contributed by atoms with Crippen LogP contribution in [-0.2, 0) is 28.6 Å². The molecule has 0 aromatic heterocycles. The Morgan fingerprint density at radius 1 is 0.266 bits per heavy atom. The third-order valence-electron chi connectivity index (χ3n) is 15.2. The first-order valence-electron chi connectivity index (χ1n) is 34.4. The molecule has 1 atom stereocenters. The zero-order chi connectivity index (χ0) is 57.1. The fraction of sp³-hybridized carbons (Fsp3) is 0.795. The molecule has 0 saturated heterocycles. The third-order valence-corrected chi connectivity index (χ3v) is 15.2. The van der Waals surface area contributed by atoms with E-state index in [1.54, 1.807) is 0 Å². The van der Waals surface area contributed by atoms with Crippen LogP contribution in [0.3, 0.4) is 0 Å². The summed E-state index contributed by atoms with van der Waals surface area (Å²) in [5.74, 6) is -0.869. The molecule has 0 bridgehead atoms. The van der Waals surface area contributed by atoms with E-state index in [-0.39, 0.29) is 31.1 Å². The maximum absolute atomic E-state index is 12.9. The lowest BCUT2D eigenvalue weighted by molar-refractivity contribution is -0.167. The number of ether oxygens (including phenoxy) is 3. The van der Waals surface area contributed by atoms with E-state index in [4.69, 9.17) is 14.2 Å². The van der Waals surface area contributed by atoms with Gasteiger partial charge in [0, 0.05) is 19.3 Å². The minimum Gasteiger partial charge on any atom is -0.462 e. The molecule has 0 N–H and O–H groups in total. The maximum atomic E-state index is 12.9. The van der Waals surface area contributed by atoms with Crippen molar-refractivity contribution in [3.05, 3.63) is 72.9 Å². The van der Waals surface area contributed by atoms with Crippen LogP contribution < -0.4 is 0 Å². The Balaban J connectivity index is 4.12. The molecule has 6 nitrogen and oxygen atoms in total. The molecule has 0 amide bonds. The Bertz CT molecular complexity index is 1450. The van der Waals surface area contributed by atoms with Gasteiger partial charge in [0.2, 0.25) is 0 Å². The zero-order valence-electron chi connectivity index (χ0n) is 52.6. The van der Waals surface area contributed by atoms with Gasteiger partial charge in [0.05, 0.1) is 0 Å². The molecule has 0 aromatic rings. The van der Waals surface area contributed by atoms with Gasteiger partial charge in [-0.05, 0) is 89.9 Å². The lowest BCUT2D eigenvalue weighted by Gasteiger charge is -2.18. The summed E-state index contributed by atoms with van der Waals surface area (Å²) in [6.07, 6.45) is 87.9. The lowest BCUT2D eigenvalue weighted by Crippen LogP contribution is -2.30. The summed E-state index contributed by atoms with van der Waals surface area (Å²) >= 11 is 0. The monoisotopic (exact) mass is 1100 g/mol. The first kappa shape index (κ1) is 75.8. The fourth-order valence-electron chi connectivity index (χ4n) is 10.1. The number of carbonyl (C=O) groups is 3. The molecule has 0 aliphatic heterocycles. The molecule has 458 valence electrons. The fourth-order valence-corrected chi connectivity index (χ4v) is 10.1. The van der Waals surface area contributed by atoms with Gasteiger partial charge < -0.3 is 14.2 Å². The van der Waals surface area contributed by atoms with Crippen molar-refractivity contribution in [1.82, 2.24) is 0 Å². The number of carbonyl (C=O) groups excluding carboxylic acids is 3. The molecular formula is C73H130O6. The van der Waals surface area contributed by atoms with Gasteiger partial charge in [0.1, 0.15) is 13.2 Å². The summed E-state index contributed by atoms with van der Waals surface area (Å²) in [7, 11) is 0. The van der Waals surface area contributed by atoms with Crippen molar-refractivity contribution in [2.75, 3.05) is 13.2 Å². The molecule has 79 heavy (non-hydrogen) atoms. The van der Waals surface area contributed by atoms with E-state index >= 15 is 0 Å². The van der Waals surface area contributed by atoms with Crippen LogP contribution in [0, 0.1) is 0 Å². The highest BCUT2D eigenvalue weighted by Gasteiger charge is 2.19. The molecular weight excluding hydrogens is 973 g/mol. The Labute approximate surface area is 491 Å². The van der Waals surface area contributed by atoms with Crippen LogP contribution in [0.15, 0.2) is 72.9 Å². The van der Waals surface area contributed by atoms with E-state index in [0.717, 1.165) is 109 Å². The van der Waals surface area contributed by atoms with Crippen molar-refractivity contribution in [3.8, 4) is 0 Å². The molecule has 1 unspecified atom stereocenters. The van der Waals surface area contributed by atoms with Gasteiger partial charge in [-0.3, -0.25) is 14.4 Å². The number of rotatable bonds is 63. The number of allylic oxidation sites excluding steroid dienone is 12. The van der Waals surface area contributed by atoms with Gasteiger partial charge in [-0.1, -0.05) is 318 Å². The second kappa shape index (κ2) is 67.4. The highest BCUT2D eigenvalue weighted by Crippen LogP contribution is 2.18. The Hall–Kier alpha value is -3.15. The second-order valence-electron chi connectivity index (χ2n) is 23.1. The van der Waals surface area contributed by atoms with E-state index in [0.29, 0.717) is 19.3 Å². The van der Waals surface area contributed by atoms with Crippen LogP contribution in [0.1, 0.15) is 355 Å².